The first kappa shape index (κ1) is 22.9. The molecule has 0 unspecified atom stereocenters. The summed E-state index contributed by atoms with van der Waals surface area (Å²) >= 11 is 3.38. The number of carbonyl (C=O) groups excluding carboxylic acids is 2. The number of nitrogens with one attached hydrogen (secondary N) is 1. The third-order valence-electron chi connectivity index (χ3n) is 4.47. The summed E-state index contributed by atoms with van der Waals surface area (Å²) < 4.78 is 6.61. The van der Waals surface area contributed by atoms with Gasteiger partial charge in [-0.25, -0.2) is 0 Å². The van der Waals surface area contributed by atoms with Crippen molar-refractivity contribution in [1.29, 1.82) is 0 Å². The van der Waals surface area contributed by atoms with Crippen LogP contribution in [0.2, 0.25) is 0 Å². The number of rotatable bonds is 9. The lowest BCUT2D eigenvalue weighted by molar-refractivity contribution is -0.143. The predicted octanol–water partition coefficient (Wildman–Crippen LogP) is 4.47. The largest absolute Gasteiger partial charge is 0.484 e. The van der Waals surface area contributed by atoms with Crippen LogP contribution in [0.25, 0.3) is 0 Å². The van der Waals surface area contributed by atoms with E-state index >= 15 is 0 Å². The molecule has 6 heteroatoms. The molecule has 0 heterocycles. The maximum Gasteiger partial charge on any atom is 0.261 e. The van der Waals surface area contributed by atoms with Crippen LogP contribution in [0.15, 0.2) is 53.0 Å². The van der Waals surface area contributed by atoms with E-state index in [4.69, 9.17) is 4.74 Å². The average molecular weight is 461 g/mol. The lowest BCUT2D eigenvalue weighted by Gasteiger charge is -2.31. The summed E-state index contributed by atoms with van der Waals surface area (Å²) in [6.45, 7) is 7.98. The van der Waals surface area contributed by atoms with Crippen molar-refractivity contribution >= 4 is 27.7 Å². The van der Waals surface area contributed by atoms with Crippen molar-refractivity contribution in [2.24, 2.45) is 0 Å². The zero-order chi connectivity index (χ0) is 21.4. The summed E-state index contributed by atoms with van der Waals surface area (Å²) in [5.74, 6) is 0.238. The molecule has 0 saturated heterocycles. The lowest BCUT2D eigenvalue weighted by atomic mass is 10.1. The first-order valence-corrected chi connectivity index (χ1v) is 10.6. The Labute approximate surface area is 181 Å². The van der Waals surface area contributed by atoms with Gasteiger partial charge in [0.1, 0.15) is 11.8 Å². The molecule has 0 aliphatic rings. The summed E-state index contributed by atoms with van der Waals surface area (Å²) in [4.78, 5) is 27.4. The summed E-state index contributed by atoms with van der Waals surface area (Å²) in [5, 5.41) is 2.93. The molecule has 5 nitrogen and oxygen atoms in total. The van der Waals surface area contributed by atoms with Crippen molar-refractivity contribution in [3.63, 3.8) is 0 Å². The Morgan fingerprint density at radius 2 is 1.69 bits per heavy atom. The molecular weight excluding hydrogens is 432 g/mol. The minimum Gasteiger partial charge on any atom is -0.484 e. The minimum absolute atomic E-state index is 0.00638. The van der Waals surface area contributed by atoms with Gasteiger partial charge in [-0.15, -0.1) is 0 Å². The number of carbonyl (C=O) groups is 2. The highest BCUT2D eigenvalue weighted by Crippen LogP contribution is 2.17. The van der Waals surface area contributed by atoms with Gasteiger partial charge in [-0.3, -0.25) is 9.59 Å². The Kier molecular flexibility index (Phi) is 8.70. The Balaban J connectivity index is 2.18. The van der Waals surface area contributed by atoms with Crippen LogP contribution < -0.4 is 10.1 Å². The Morgan fingerprint density at radius 3 is 2.24 bits per heavy atom. The number of halogens is 1. The molecule has 0 saturated carbocycles. The van der Waals surface area contributed by atoms with Gasteiger partial charge >= 0.3 is 0 Å². The minimum atomic E-state index is -0.556. The van der Waals surface area contributed by atoms with E-state index in [1.165, 1.54) is 0 Å². The molecule has 29 heavy (non-hydrogen) atoms. The zero-order valence-electron chi connectivity index (χ0n) is 17.4. The van der Waals surface area contributed by atoms with E-state index in [1.807, 2.05) is 64.1 Å². The van der Waals surface area contributed by atoms with Crippen molar-refractivity contribution in [3.8, 4) is 5.75 Å². The molecule has 0 aliphatic carbocycles. The molecule has 0 aliphatic heterocycles. The third kappa shape index (κ3) is 7.20. The van der Waals surface area contributed by atoms with Gasteiger partial charge in [0.2, 0.25) is 5.91 Å². The summed E-state index contributed by atoms with van der Waals surface area (Å²) in [6.07, 6.45) is 0.522. The fraction of sp³-hybridized carbons (Fsp3) is 0.391. The normalized spacial score (nSPS) is 11.8. The molecular formula is C23H29BrN2O3. The molecule has 2 amide bonds. The van der Waals surface area contributed by atoms with E-state index in [2.05, 4.69) is 21.2 Å². The highest BCUT2D eigenvalue weighted by molar-refractivity contribution is 9.10. The molecule has 0 bridgehead atoms. The van der Waals surface area contributed by atoms with Crippen molar-refractivity contribution in [3.05, 3.63) is 64.1 Å². The Hall–Kier alpha value is -2.34. The van der Waals surface area contributed by atoms with Crippen LogP contribution in [0.4, 0.5) is 0 Å². The maximum atomic E-state index is 13.1. The van der Waals surface area contributed by atoms with E-state index in [-0.39, 0.29) is 24.5 Å². The third-order valence-corrected chi connectivity index (χ3v) is 4.99. The second-order valence-electron chi connectivity index (χ2n) is 7.34. The average Bonchev–Trinajstić information content (AvgIpc) is 2.68. The highest BCUT2D eigenvalue weighted by Gasteiger charge is 2.29. The van der Waals surface area contributed by atoms with Crippen LogP contribution in [0, 0.1) is 6.92 Å². The van der Waals surface area contributed by atoms with Crippen LogP contribution in [0.5, 0.6) is 5.75 Å². The number of ether oxygens (including phenoxy) is 1. The smallest absolute Gasteiger partial charge is 0.261 e. The number of hydrogen-bond donors (Lipinski definition) is 1. The van der Waals surface area contributed by atoms with Crippen molar-refractivity contribution < 1.29 is 14.3 Å². The molecule has 0 fully saturated rings. The van der Waals surface area contributed by atoms with Gasteiger partial charge in [-0.1, -0.05) is 52.7 Å². The van der Waals surface area contributed by atoms with Crippen LogP contribution >= 0.6 is 15.9 Å². The first-order valence-electron chi connectivity index (χ1n) is 9.84. The van der Waals surface area contributed by atoms with Gasteiger partial charge in [0.25, 0.3) is 5.91 Å². The van der Waals surface area contributed by atoms with E-state index in [9.17, 15) is 9.59 Å². The molecule has 2 rings (SSSR count). The zero-order valence-corrected chi connectivity index (χ0v) is 19.0. The van der Waals surface area contributed by atoms with Gasteiger partial charge in [-0.05, 0) is 57.0 Å². The standard InChI is InChI=1S/C23H29BrN2O3/c1-5-21(23(28)25-16(2)3)26(14-18-8-6-17(4)7-9-18)22(27)15-29-20-12-10-19(24)11-13-20/h6-13,16,21H,5,14-15H2,1-4H3,(H,25,28)/t21-/m0/s1. The molecule has 0 radical (unpaired) electrons. The molecule has 1 atom stereocenters. The van der Waals surface area contributed by atoms with E-state index < -0.39 is 6.04 Å². The quantitative estimate of drug-likeness (QED) is 0.600. The molecule has 1 N–H and O–H groups in total. The van der Waals surface area contributed by atoms with Gasteiger partial charge < -0.3 is 15.0 Å². The van der Waals surface area contributed by atoms with Crippen LogP contribution in [0.1, 0.15) is 38.3 Å². The van der Waals surface area contributed by atoms with Crippen LogP contribution in [-0.2, 0) is 16.1 Å². The molecule has 2 aromatic rings. The Bertz CT molecular complexity index is 804. The fourth-order valence-electron chi connectivity index (χ4n) is 2.95. The number of aryl methyl sites for hydroxylation is 1. The second-order valence-corrected chi connectivity index (χ2v) is 8.25. The summed E-state index contributed by atoms with van der Waals surface area (Å²) in [7, 11) is 0. The van der Waals surface area contributed by atoms with E-state index in [0.29, 0.717) is 18.7 Å². The summed E-state index contributed by atoms with van der Waals surface area (Å²) in [6, 6.07) is 14.7. The Morgan fingerprint density at radius 1 is 1.07 bits per heavy atom. The number of nitrogens with zero attached hydrogens (tertiary/aromatic N) is 1. The monoisotopic (exact) mass is 460 g/mol. The fourth-order valence-corrected chi connectivity index (χ4v) is 3.21. The molecule has 2 aromatic carbocycles. The van der Waals surface area contributed by atoms with Crippen molar-refractivity contribution in [1.82, 2.24) is 10.2 Å². The van der Waals surface area contributed by atoms with Crippen molar-refractivity contribution in [2.75, 3.05) is 6.61 Å². The lowest BCUT2D eigenvalue weighted by Crippen LogP contribution is -2.51. The highest BCUT2D eigenvalue weighted by atomic mass is 79.9. The van der Waals surface area contributed by atoms with Gasteiger partial charge in [0.05, 0.1) is 0 Å². The van der Waals surface area contributed by atoms with E-state index in [0.717, 1.165) is 15.6 Å². The molecule has 0 aromatic heterocycles. The number of amides is 2. The van der Waals surface area contributed by atoms with Crippen LogP contribution in [-0.4, -0.2) is 35.4 Å². The second kappa shape index (κ2) is 11.0. The van der Waals surface area contributed by atoms with Gasteiger partial charge in [0, 0.05) is 17.1 Å². The SMILES string of the molecule is CC[C@@H](C(=O)NC(C)C)N(Cc1ccc(C)cc1)C(=O)COc1ccc(Br)cc1. The van der Waals surface area contributed by atoms with Crippen molar-refractivity contribution in [2.45, 2.75) is 52.7 Å². The maximum absolute atomic E-state index is 13.1. The van der Waals surface area contributed by atoms with Gasteiger partial charge in [0.15, 0.2) is 6.61 Å². The first-order chi connectivity index (χ1) is 13.8. The number of benzene rings is 2. The number of hydrogen-bond acceptors (Lipinski definition) is 3. The predicted molar refractivity (Wildman–Crippen MR) is 119 cm³/mol. The van der Waals surface area contributed by atoms with Crippen LogP contribution in [0.3, 0.4) is 0 Å². The van der Waals surface area contributed by atoms with E-state index in [1.54, 1.807) is 17.0 Å². The summed E-state index contributed by atoms with van der Waals surface area (Å²) in [5.41, 5.74) is 2.12. The van der Waals surface area contributed by atoms with Gasteiger partial charge in [-0.2, -0.15) is 0 Å². The molecule has 0 spiro atoms. The molecule has 156 valence electrons. The topological polar surface area (TPSA) is 58.6 Å².